The van der Waals surface area contributed by atoms with Gasteiger partial charge < -0.3 is 0 Å². The van der Waals surface area contributed by atoms with Gasteiger partial charge in [-0.3, -0.25) is 20.0 Å². The molecule has 0 amide bonds. The van der Waals surface area contributed by atoms with Gasteiger partial charge in [-0.25, -0.2) is 0 Å². The van der Waals surface area contributed by atoms with Gasteiger partial charge in [-0.1, -0.05) is 51.3 Å². The molecule has 3 rings (SSSR count). The fourth-order valence-corrected chi connectivity index (χ4v) is 3.79. The number of benzene rings is 1. The molecule has 1 atom stereocenters. The third-order valence-corrected chi connectivity index (χ3v) is 5.30. The molecule has 1 saturated carbocycles. The third-order valence-electron chi connectivity index (χ3n) is 5.30. The smallest absolute Gasteiger partial charge is 0.196 e. The molecule has 0 radical (unpaired) electrons. The molecule has 4 nitrogen and oxygen atoms in total. The normalized spacial score (nSPS) is 17.1. The van der Waals surface area contributed by atoms with E-state index in [0.29, 0.717) is 11.6 Å². The van der Waals surface area contributed by atoms with E-state index in [9.17, 15) is 4.79 Å². The van der Waals surface area contributed by atoms with E-state index in [2.05, 4.69) is 29.0 Å². The van der Waals surface area contributed by atoms with Crippen LogP contribution in [0.1, 0.15) is 56.3 Å². The van der Waals surface area contributed by atoms with Crippen molar-refractivity contribution in [3.8, 4) is 0 Å². The van der Waals surface area contributed by atoms with Crippen molar-refractivity contribution >= 4 is 16.7 Å². The number of rotatable bonds is 7. The quantitative estimate of drug-likeness (QED) is 0.611. The summed E-state index contributed by atoms with van der Waals surface area (Å²) in [4.78, 5) is 20.0. The standard InChI is InChI=1S/C21H29N3O/c1-3-24(4-2)21(23-18-11-6-5-7-12-18)20(25)17-14-16-10-8-9-13-19(16)22-15-17/h8-10,13-15,18,21,23H,3-7,11-12H2,1-2H3. The molecule has 1 N–H and O–H groups in total. The molecule has 2 aromatic rings. The van der Waals surface area contributed by atoms with Crippen molar-refractivity contribution in [2.45, 2.75) is 58.2 Å². The summed E-state index contributed by atoms with van der Waals surface area (Å²) in [6, 6.07) is 10.4. The Labute approximate surface area is 150 Å². The fourth-order valence-electron chi connectivity index (χ4n) is 3.79. The minimum Gasteiger partial charge on any atom is -0.292 e. The van der Waals surface area contributed by atoms with Crippen molar-refractivity contribution in [3.63, 3.8) is 0 Å². The Kier molecular flexibility index (Phi) is 6.16. The summed E-state index contributed by atoms with van der Waals surface area (Å²) in [5.74, 6) is 0.132. The number of fused-ring (bicyclic) bond motifs is 1. The number of nitrogens with zero attached hydrogens (tertiary/aromatic N) is 2. The summed E-state index contributed by atoms with van der Waals surface area (Å²) >= 11 is 0. The highest BCUT2D eigenvalue weighted by atomic mass is 16.1. The van der Waals surface area contributed by atoms with E-state index in [1.807, 2.05) is 30.3 Å². The minimum absolute atomic E-state index is 0.132. The molecule has 1 heterocycles. The molecule has 25 heavy (non-hydrogen) atoms. The summed E-state index contributed by atoms with van der Waals surface area (Å²) in [5.41, 5.74) is 1.62. The fraction of sp³-hybridized carbons (Fsp3) is 0.524. The summed E-state index contributed by atoms with van der Waals surface area (Å²) in [6.45, 7) is 5.94. The number of likely N-dealkylation sites (N-methyl/N-ethyl adjacent to an activating group) is 1. The monoisotopic (exact) mass is 339 g/mol. The zero-order valence-electron chi connectivity index (χ0n) is 15.4. The van der Waals surface area contributed by atoms with E-state index < -0.39 is 0 Å². The Hall–Kier alpha value is -1.78. The van der Waals surface area contributed by atoms with E-state index in [4.69, 9.17) is 0 Å². The lowest BCUT2D eigenvalue weighted by molar-refractivity contribution is 0.0748. The van der Waals surface area contributed by atoms with Crippen molar-refractivity contribution in [1.29, 1.82) is 0 Å². The summed E-state index contributed by atoms with van der Waals surface area (Å²) in [6.07, 6.45) is 7.63. The van der Waals surface area contributed by atoms with Crippen LogP contribution in [0.25, 0.3) is 10.9 Å². The molecule has 1 aromatic heterocycles. The van der Waals surface area contributed by atoms with E-state index in [1.54, 1.807) is 6.20 Å². The molecular formula is C21H29N3O. The van der Waals surface area contributed by atoms with Crippen LogP contribution in [0, 0.1) is 0 Å². The predicted molar refractivity (Wildman–Crippen MR) is 103 cm³/mol. The van der Waals surface area contributed by atoms with Gasteiger partial charge in [0.1, 0.15) is 6.17 Å². The van der Waals surface area contributed by atoms with Crippen molar-refractivity contribution in [3.05, 3.63) is 42.1 Å². The Morgan fingerprint density at radius 1 is 1.20 bits per heavy atom. The molecular weight excluding hydrogens is 310 g/mol. The predicted octanol–water partition coefficient (Wildman–Crippen LogP) is 4.01. The number of hydrogen-bond acceptors (Lipinski definition) is 4. The van der Waals surface area contributed by atoms with Crippen LogP contribution in [0.4, 0.5) is 0 Å². The molecule has 0 bridgehead atoms. The van der Waals surface area contributed by atoms with E-state index in [-0.39, 0.29) is 11.9 Å². The molecule has 1 unspecified atom stereocenters. The molecule has 4 heteroatoms. The zero-order valence-corrected chi connectivity index (χ0v) is 15.4. The first-order valence-electron chi connectivity index (χ1n) is 9.62. The topological polar surface area (TPSA) is 45.2 Å². The molecule has 0 saturated heterocycles. The number of aromatic nitrogens is 1. The molecule has 1 aliphatic rings. The van der Waals surface area contributed by atoms with E-state index >= 15 is 0 Å². The van der Waals surface area contributed by atoms with Crippen LogP contribution in [-0.4, -0.2) is 41.0 Å². The maximum Gasteiger partial charge on any atom is 0.196 e. The van der Waals surface area contributed by atoms with Gasteiger partial charge in [0.25, 0.3) is 0 Å². The highest BCUT2D eigenvalue weighted by Crippen LogP contribution is 2.20. The van der Waals surface area contributed by atoms with Crippen molar-refractivity contribution in [2.24, 2.45) is 0 Å². The minimum atomic E-state index is -0.263. The van der Waals surface area contributed by atoms with Crippen molar-refractivity contribution in [2.75, 3.05) is 13.1 Å². The Morgan fingerprint density at radius 3 is 2.64 bits per heavy atom. The molecule has 0 spiro atoms. The van der Waals surface area contributed by atoms with Gasteiger partial charge in [0, 0.05) is 23.2 Å². The number of hydrogen-bond donors (Lipinski definition) is 1. The average Bonchev–Trinajstić information content (AvgIpc) is 2.68. The number of carbonyl (C=O) groups excluding carboxylic acids is 1. The number of nitrogens with one attached hydrogen (secondary N) is 1. The number of para-hydroxylation sites is 1. The summed E-state index contributed by atoms with van der Waals surface area (Å²) in [5, 5.41) is 4.67. The van der Waals surface area contributed by atoms with Gasteiger partial charge in [0.2, 0.25) is 0 Å². The Balaban J connectivity index is 1.85. The van der Waals surface area contributed by atoms with Gasteiger partial charge in [-0.2, -0.15) is 0 Å². The average molecular weight is 339 g/mol. The second-order valence-corrected chi connectivity index (χ2v) is 6.91. The number of pyridine rings is 1. The van der Waals surface area contributed by atoms with Gasteiger partial charge in [0.05, 0.1) is 5.52 Å². The molecule has 1 aliphatic carbocycles. The number of carbonyl (C=O) groups is 1. The first kappa shape index (κ1) is 18.0. The second-order valence-electron chi connectivity index (χ2n) is 6.91. The zero-order chi connectivity index (χ0) is 17.6. The summed E-state index contributed by atoms with van der Waals surface area (Å²) in [7, 11) is 0. The highest BCUT2D eigenvalue weighted by molar-refractivity contribution is 6.02. The molecule has 1 aromatic carbocycles. The maximum atomic E-state index is 13.3. The SMILES string of the molecule is CCN(CC)C(NC1CCCCC1)C(=O)c1cnc2ccccc2c1. The number of Topliss-reactive ketones (excluding diaryl/α,β-unsaturated/α-hetero) is 1. The van der Waals surface area contributed by atoms with Gasteiger partial charge in [0.15, 0.2) is 5.78 Å². The lowest BCUT2D eigenvalue weighted by Gasteiger charge is -2.34. The lowest BCUT2D eigenvalue weighted by Crippen LogP contribution is -2.54. The highest BCUT2D eigenvalue weighted by Gasteiger charge is 2.28. The van der Waals surface area contributed by atoms with Gasteiger partial charge in [-0.15, -0.1) is 0 Å². The largest absolute Gasteiger partial charge is 0.292 e. The van der Waals surface area contributed by atoms with E-state index in [0.717, 1.165) is 24.0 Å². The number of ketones is 1. The van der Waals surface area contributed by atoms with Crippen LogP contribution in [0.5, 0.6) is 0 Å². The summed E-state index contributed by atoms with van der Waals surface area (Å²) < 4.78 is 0. The molecule has 134 valence electrons. The van der Waals surface area contributed by atoms with Crippen LogP contribution in [0.3, 0.4) is 0 Å². The van der Waals surface area contributed by atoms with Crippen LogP contribution in [0.15, 0.2) is 36.5 Å². The molecule has 1 fully saturated rings. The van der Waals surface area contributed by atoms with E-state index in [1.165, 1.54) is 32.1 Å². The van der Waals surface area contributed by atoms with Gasteiger partial charge in [-0.05, 0) is 38.1 Å². The lowest BCUT2D eigenvalue weighted by atomic mass is 9.94. The van der Waals surface area contributed by atoms with Crippen LogP contribution < -0.4 is 5.32 Å². The van der Waals surface area contributed by atoms with Crippen LogP contribution in [0.2, 0.25) is 0 Å². The third kappa shape index (κ3) is 4.25. The maximum absolute atomic E-state index is 13.3. The van der Waals surface area contributed by atoms with Crippen LogP contribution >= 0.6 is 0 Å². The first-order valence-corrected chi connectivity index (χ1v) is 9.62. The van der Waals surface area contributed by atoms with Crippen molar-refractivity contribution in [1.82, 2.24) is 15.2 Å². The first-order chi connectivity index (χ1) is 12.2. The van der Waals surface area contributed by atoms with Gasteiger partial charge >= 0.3 is 0 Å². The molecule has 0 aliphatic heterocycles. The van der Waals surface area contributed by atoms with Crippen LogP contribution in [-0.2, 0) is 0 Å². The van der Waals surface area contributed by atoms with Crippen molar-refractivity contribution < 1.29 is 4.79 Å². The Morgan fingerprint density at radius 2 is 1.92 bits per heavy atom. The Bertz CT molecular complexity index is 705. The second kappa shape index (κ2) is 8.54.